The number of nitrogens with one attached hydrogen (secondary N) is 5. The molecule has 20 nitrogen and oxygen atoms in total. The molecule has 0 radical (unpaired) electrons. The van der Waals surface area contributed by atoms with Gasteiger partial charge >= 0.3 is 6.09 Å². The first-order valence-electron chi connectivity index (χ1n) is 23.1. The maximum atomic E-state index is 12.9. The van der Waals surface area contributed by atoms with Gasteiger partial charge in [-0.2, -0.15) is 19.2 Å². The fraction of sp³-hybridized carbons (Fsp3) is 0.468. The molecular formula is C47H58N14O6. The molecule has 10 rings (SSSR count). The van der Waals surface area contributed by atoms with E-state index in [4.69, 9.17) is 24.2 Å². The van der Waals surface area contributed by atoms with Gasteiger partial charge in [0.15, 0.2) is 11.3 Å². The van der Waals surface area contributed by atoms with Gasteiger partial charge in [0.1, 0.15) is 51.6 Å². The quantitative estimate of drug-likeness (QED) is 0.0805. The third-order valence-electron chi connectivity index (χ3n) is 11.6. The largest absolute Gasteiger partial charge is 0.443 e. The summed E-state index contributed by atoms with van der Waals surface area (Å²) in [5, 5.41) is 24.3. The van der Waals surface area contributed by atoms with Crippen molar-refractivity contribution in [2.75, 3.05) is 48.2 Å². The predicted octanol–water partition coefficient (Wildman–Crippen LogP) is 7.42. The number of carbonyl (C=O) groups is 3. The van der Waals surface area contributed by atoms with E-state index in [-0.39, 0.29) is 36.1 Å². The molecule has 5 N–H and O–H groups in total. The number of carbonyl (C=O) groups excluding carboxylic acids is 3. The molecule has 8 heterocycles. The highest BCUT2D eigenvalue weighted by atomic mass is 16.6. The van der Waals surface area contributed by atoms with Gasteiger partial charge in [0.05, 0.1) is 36.0 Å². The van der Waals surface area contributed by atoms with Crippen molar-refractivity contribution in [1.82, 2.24) is 49.8 Å². The van der Waals surface area contributed by atoms with E-state index < -0.39 is 11.7 Å². The number of anilines is 6. The second-order valence-electron chi connectivity index (χ2n) is 18.3. The third kappa shape index (κ3) is 11.0. The van der Waals surface area contributed by atoms with E-state index in [1.54, 1.807) is 44.6 Å². The summed E-state index contributed by atoms with van der Waals surface area (Å²) in [6.07, 6.45) is 12.8. The van der Waals surface area contributed by atoms with E-state index in [1.165, 1.54) is 15.6 Å². The summed E-state index contributed by atoms with van der Waals surface area (Å²) in [4.78, 5) is 58.5. The molecular weight excluding hydrogens is 857 g/mol. The summed E-state index contributed by atoms with van der Waals surface area (Å²) >= 11 is 0. The Morgan fingerprint density at radius 3 is 1.66 bits per heavy atom. The minimum absolute atomic E-state index is 0.0349. The molecule has 4 fully saturated rings. The number of pyridine rings is 2. The molecule has 2 atom stereocenters. The van der Waals surface area contributed by atoms with E-state index in [0.717, 1.165) is 94.6 Å². The zero-order valence-corrected chi connectivity index (χ0v) is 38.5. The fourth-order valence-electron chi connectivity index (χ4n) is 7.79. The van der Waals surface area contributed by atoms with Gasteiger partial charge < -0.3 is 40.8 Å². The molecule has 67 heavy (non-hydrogen) atoms. The molecule has 0 bridgehead atoms. The lowest BCUT2D eigenvalue weighted by atomic mass is 10.1. The minimum Gasteiger partial charge on any atom is -0.443 e. The first kappa shape index (κ1) is 45.2. The van der Waals surface area contributed by atoms with Gasteiger partial charge in [-0.3, -0.25) is 14.5 Å². The SMILES string of the molecule is CN(C(=O)OC(C)(C)C)c1cc(Nc2cccc(C3CCCCO3)n2)nc2c(C(=O)NC3CC3)cnn12.CNc1cc(Nc2cccc(C3CCCCO3)n2)nc2c(C(=O)NC3CC3)cnn12. The fourth-order valence-corrected chi connectivity index (χ4v) is 7.79. The zero-order valence-electron chi connectivity index (χ0n) is 38.5. The van der Waals surface area contributed by atoms with Crippen molar-refractivity contribution < 1.29 is 28.6 Å². The molecule has 2 unspecified atom stereocenters. The van der Waals surface area contributed by atoms with Crippen LogP contribution < -0.4 is 31.5 Å². The summed E-state index contributed by atoms with van der Waals surface area (Å²) in [6, 6.07) is 15.5. The van der Waals surface area contributed by atoms with E-state index in [9.17, 15) is 14.4 Å². The van der Waals surface area contributed by atoms with Crippen LogP contribution in [0.2, 0.25) is 0 Å². The molecule has 6 aromatic heterocycles. The summed E-state index contributed by atoms with van der Waals surface area (Å²) < 4.78 is 20.4. The number of nitrogens with zero attached hydrogens (tertiary/aromatic N) is 9. The molecule has 6 aromatic rings. The Morgan fingerprint density at radius 1 is 0.672 bits per heavy atom. The van der Waals surface area contributed by atoms with Gasteiger partial charge in [0.2, 0.25) is 0 Å². The summed E-state index contributed by atoms with van der Waals surface area (Å²) in [5.74, 6) is 2.98. The van der Waals surface area contributed by atoms with E-state index in [0.29, 0.717) is 51.5 Å². The first-order valence-corrected chi connectivity index (χ1v) is 23.1. The molecule has 4 aliphatic rings. The van der Waals surface area contributed by atoms with Crippen LogP contribution in [0.1, 0.15) is 129 Å². The van der Waals surface area contributed by atoms with Crippen LogP contribution in [0.3, 0.4) is 0 Å². The Bertz CT molecular complexity index is 2750. The number of rotatable bonds is 12. The Hall–Kier alpha value is -6.93. The van der Waals surface area contributed by atoms with E-state index in [1.807, 2.05) is 49.5 Å². The lowest BCUT2D eigenvalue weighted by molar-refractivity contribution is 0.0123. The Kier molecular flexibility index (Phi) is 13.2. The number of ether oxygens (including phenoxy) is 3. The molecule has 2 aliphatic carbocycles. The lowest BCUT2D eigenvalue weighted by Crippen LogP contribution is -2.35. The van der Waals surface area contributed by atoms with Crippen molar-refractivity contribution >= 4 is 64.1 Å². The van der Waals surface area contributed by atoms with Crippen molar-refractivity contribution in [1.29, 1.82) is 0 Å². The van der Waals surface area contributed by atoms with Crippen molar-refractivity contribution in [3.63, 3.8) is 0 Å². The number of fused-ring (bicyclic) bond motifs is 2. The molecule has 2 aliphatic heterocycles. The highest BCUT2D eigenvalue weighted by Crippen LogP contribution is 2.31. The van der Waals surface area contributed by atoms with Crippen LogP contribution >= 0.6 is 0 Å². The van der Waals surface area contributed by atoms with Gasteiger partial charge in [0, 0.05) is 51.5 Å². The highest BCUT2D eigenvalue weighted by Gasteiger charge is 2.30. The van der Waals surface area contributed by atoms with Gasteiger partial charge in [-0.15, -0.1) is 0 Å². The van der Waals surface area contributed by atoms with Crippen LogP contribution in [0.4, 0.5) is 39.7 Å². The Labute approximate surface area is 388 Å². The summed E-state index contributed by atoms with van der Waals surface area (Å²) in [6.45, 7) is 6.92. The van der Waals surface area contributed by atoms with Crippen LogP contribution in [-0.4, -0.2) is 102 Å². The lowest BCUT2D eigenvalue weighted by Gasteiger charge is -2.25. The Balaban J connectivity index is 0.000000171. The maximum absolute atomic E-state index is 12.9. The van der Waals surface area contributed by atoms with Crippen LogP contribution in [0, 0.1) is 0 Å². The molecule has 3 amide bonds. The molecule has 2 saturated heterocycles. The van der Waals surface area contributed by atoms with Crippen LogP contribution in [-0.2, 0) is 14.2 Å². The molecule has 0 spiro atoms. The summed E-state index contributed by atoms with van der Waals surface area (Å²) in [7, 11) is 3.40. The van der Waals surface area contributed by atoms with E-state index in [2.05, 4.69) is 46.7 Å². The molecule has 20 heteroatoms. The van der Waals surface area contributed by atoms with Gasteiger partial charge in [-0.1, -0.05) is 12.1 Å². The van der Waals surface area contributed by atoms with Crippen LogP contribution in [0.5, 0.6) is 0 Å². The number of hydrogen-bond acceptors (Lipinski definition) is 15. The molecule has 2 saturated carbocycles. The predicted molar refractivity (Wildman–Crippen MR) is 251 cm³/mol. The molecule has 352 valence electrons. The first-order chi connectivity index (χ1) is 32.4. The second kappa shape index (κ2) is 19.5. The van der Waals surface area contributed by atoms with Gasteiger partial charge in [0.25, 0.3) is 11.8 Å². The van der Waals surface area contributed by atoms with E-state index >= 15 is 0 Å². The number of amides is 3. The Morgan fingerprint density at radius 2 is 1.18 bits per heavy atom. The van der Waals surface area contributed by atoms with Crippen molar-refractivity contribution in [2.45, 2.75) is 115 Å². The third-order valence-corrected chi connectivity index (χ3v) is 11.6. The van der Waals surface area contributed by atoms with Crippen LogP contribution in [0.15, 0.2) is 60.9 Å². The van der Waals surface area contributed by atoms with Crippen LogP contribution in [0.25, 0.3) is 11.3 Å². The topological polar surface area (TPSA) is 228 Å². The monoisotopic (exact) mass is 914 g/mol. The van der Waals surface area contributed by atoms with Gasteiger partial charge in [-0.25, -0.2) is 24.7 Å². The highest BCUT2D eigenvalue weighted by molar-refractivity contribution is 6.01. The van der Waals surface area contributed by atoms with Crippen molar-refractivity contribution in [3.8, 4) is 0 Å². The summed E-state index contributed by atoms with van der Waals surface area (Å²) in [5.41, 5.74) is 2.69. The second-order valence-corrected chi connectivity index (χ2v) is 18.3. The normalized spacial score (nSPS) is 18.3. The average molecular weight is 915 g/mol. The van der Waals surface area contributed by atoms with Crippen molar-refractivity contribution in [2.24, 2.45) is 0 Å². The molecule has 0 aromatic carbocycles. The minimum atomic E-state index is -0.677. The number of aromatic nitrogens is 8. The maximum Gasteiger partial charge on any atom is 0.415 e. The smallest absolute Gasteiger partial charge is 0.415 e. The average Bonchev–Trinajstić information content (AvgIpc) is 4.25. The zero-order chi connectivity index (χ0) is 46.7. The standard InChI is InChI=1S/C26H33N7O4.C21H25N7O2/c1-26(2,3)37-25(35)32(4)22-14-21(30-20-10-7-8-18(29-20)19-9-5-6-13-36-19)31-23-17(15-27-33(22)23)24(34)28-16-11-12-16;1-22-19-11-18(26-17-7-4-5-15(25-17)16-6-2-3-10-30-16)27-20-14(12-23-28(19)20)21(29)24-13-8-9-13/h7-8,10,14-16,19H,5-6,9,11-13H2,1-4H3,(H,28,34)(H,29,30,31);4-5,7,11-13,16,22H,2-3,6,8-10H2,1H3,(H,24,29)(H,25,26,27). The number of hydrogen-bond donors (Lipinski definition) is 5. The van der Waals surface area contributed by atoms with Gasteiger partial charge in [-0.05, 0) is 109 Å². The van der Waals surface area contributed by atoms with Crippen molar-refractivity contribution in [3.05, 3.63) is 83.4 Å².